The van der Waals surface area contributed by atoms with E-state index in [0.29, 0.717) is 11.4 Å². The first-order chi connectivity index (χ1) is 13.9. The average molecular weight is 408 g/mol. The molecule has 0 bridgehead atoms. The van der Waals surface area contributed by atoms with Crippen LogP contribution in [-0.4, -0.2) is 11.0 Å². The summed E-state index contributed by atoms with van der Waals surface area (Å²) in [4.78, 5) is 17.5. The predicted octanol–water partition coefficient (Wildman–Crippen LogP) is 4.23. The summed E-state index contributed by atoms with van der Waals surface area (Å²) in [5.74, 6) is 11.9. The number of nitrogens with two attached hydrogens (primary N) is 2. The van der Waals surface area contributed by atoms with Crippen molar-refractivity contribution in [3.05, 3.63) is 77.0 Å². The minimum absolute atomic E-state index is 0.561. The Morgan fingerprint density at radius 3 is 2.55 bits per heavy atom. The van der Waals surface area contributed by atoms with E-state index in [1.165, 1.54) is 16.0 Å². The van der Waals surface area contributed by atoms with E-state index < -0.39 is 6.03 Å². The van der Waals surface area contributed by atoms with Gasteiger partial charge in [0.1, 0.15) is 0 Å². The third kappa shape index (κ3) is 4.59. The molecule has 6 nitrogen and oxygen atoms in total. The van der Waals surface area contributed by atoms with Crippen LogP contribution in [0.25, 0.3) is 11.3 Å². The van der Waals surface area contributed by atoms with E-state index in [0.717, 1.165) is 27.4 Å². The molecule has 3 rings (SSSR count). The van der Waals surface area contributed by atoms with Crippen molar-refractivity contribution in [1.82, 2.24) is 10.4 Å². The Morgan fingerprint density at radius 2 is 1.86 bits per heavy atom. The Morgan fingerprint density at radius 1 is 1.07 bits per heavy atom. The van der Waals surface area contributed by atoms with Gasteiger partial charge in [0, 0.05) is 22.4 Å². The van der Waals surface area contributed by atoms with Gasteiger partial charge in [0.15, 0.2) is 0 Å². The summed E-state index contributed by atoms with van der Waals surface area (Å²) in [6, 6.07) is 15.4. The number of benzene rings is 2. The molecule has 0 saturated carbocycles. The highest BCUT2D eigenvalue weighted by molar-refractivity contribution is 7.98. The van der Waals surface area contributed by atoms with Gasteiger partial charge in [-0.1, -0.05) is 18.2 Å². The zero-order valence-electron chi connectivity index (χ0n) is 16.8. The number of urea groups is 1. The van der Waals surface area contributed by atoms with Crippen LogP contribution < -0.4 is 22.1 Å². The number of hydrogen-bond donors (Lipinski definition) is 3. The van der Waals surface area contributed by atoms with Crippen molar-refractivity contribution in [2.75, 3.05) is 5.01 Å². The number of aryl methyl sites for hydroxylation is 3. The van der Waals surface area contributed by atoms with Gasteiger partial charge < -0.3 is 0 Å². The van der Waals surface area contributed by atoms with Crippen molar-refractivity contribution >= 4 is 23.5 Å². The van der Waals surface area contributed by atoms with E-state index in [9.17, 15) is 4.79 Å². The molecule has 0 radical (unpaired) electrons. The number of hydrazine groups is 2. The van der Waals surface area contributed by atoms with Crippen LogP contribution in [0.4, 0.5) is 10.5 Å². The van der Waals surface area contributed by atoms with E-state index in [-0.39, 0.29) is 0 Å². The molecular formula is C22H25N5OS. The van der Waals surface area contributed by atoms with E-state index in [1.54, 1.807) is 11.8 Å². The minimum atomic E-state index is -0.561. The predicted molar refractivity (Wildman–Crippen MR) is 119 cm³/mol. The second-order valence-corrected chi connectivity index (χ2v) is 7.85. The molecule has 0 atom stereocenters. The largest absolute Gasteiger partial charge is 0.350 e. The molecule has 3 aromatic rings. The average Bonchev–Trinajstić information content (AvgIpc) is 2.74. The number of amides is 2. The topological polar surface area (TPSA) is 97.3 Å². The lowest BCUT2D eigenvalue weighted by Crippen LogP contribution is -2.48. The zero-order chi connectivity index (χ0) is 21.0. The van der Waals surface area contributed by atoms with Crippen LogP contribution in [0.15, 0.2) is 59.6 Å². The molecule has 1 aromatic heterocycles. The Kier molecular flexibility index (Phi) is 6.53. The maximum atomic E-state index is 11.9. The Labute approximate surface area is 175 Å². The third-order valence-electron chi connectivity index (χ3n) is 4.82. The number of pyridine rings is 1. The summed E-state index contributed by atoms with van der Waals surface area (Å²) in [5, 5.41) is 1.05. The van der Waals surface area contributed by atoms with Gasteiger partial charge >= 0.3 is 6.03 Å². The first-order valence-corrected chi connectivity index (χ1v) is 10.2. The standard InChI is InChI=1S/C22H25N5OS/c1-14-7-6-9-20(27(24)22(28)26-23)18(14)13-29-21-12-15(2)17(11-16(21)3)19-8-4-5-10-25-19/h4-12H,13,23-24H2,1-3H3,(H,26,28). The van der Waals surface area contributed by atoms with E-state index in [2.05, 4.69) is 36.4 Å². The normalized spacial score (nSPS) is 10.7. The van der Waals surface area contributed by atoms with Gasteiger partial charge in [-0.05, 0) is 73.4 Å². The molecule has 5 N–H and O–H groups in total. The van der Waals surface area contributed by atoms with Gasteiger partial charge in [0.2, 0.25) is 0 Å². The Bertz CT molecular complexity index is 1020. The lowest BCUT2D eigenvalue weighted by molar-refractivity contribution is 0.246. The highest BCUT2D eigenvalue weighted by Crippen LogP contribution is 2.35. The zero-order valence-corrected chi connectivity index (χ0v) is 17.6. The minimum Gasteiger partial charge on any atom is -0.274 e. The smallest absolute Gasteiger partial charge is 0.274 e. The van der Waals surface area contributed by atoms with Crippen molar-refractivity contribution in [1.29, 1.82) is 0 Å². The van der Waals surface area contributed by atoms with Crippen molar-refractivity contribution < 1.29 is 4.79 Å². The monoisotopic (exact) mass is 407 g/mol. The summed E-state index contributed by atoms with van der Waals surface area (Å²) in [5.41, 5.74) is 9.23. The summed E-state index contributed by atoms with van der Waals surface area (Å²) in [6.07, 6.45) is 1.81. The molecule has 2 aromatic carbocycles. The number of nitrogens with zero attached hydrogens (tertiary/aromatic N) is 2. The summed E-state index contributed by atoms with van der Waals surface area (Å²) >= 11 is 1.72. The molecule has 0 unspecified atom stereocenters. The van der Waals surface area contributed by atoms with Crippen LogP contribution >= 0.6 is 11.8 Å². The van der Waals surface area contributed by atoms with Gasteiger partial charge in [-0.15, -0.1) is 11.8 Å². The lowest BCUT2D eigenvalue weighted by Gasteiger charge is -2.21. The highest BCUT2D eigenvalue weighted by atomic mass is 32.2. The Hall–Kier alpha value is -2.87. The summed E-state index contributed by atoms with van der Waals surface area (Å²) in [6.45, 7) is 6.21. The maximum absolute atomic E-state index is 11.9. The molecule has 0 fully saturated rings. The van der Waals surface area contributed by atoms with Crippen LogP contribution in [0.3, 0.4) is 0 Å². The van der Waals surface area contributed by atoms with Crippen molar-refractivity contribution in [2.24, 2.45) is 11.7 Å². The van der Waals surface area contributed by atoms with Crippen molar-refractivity contribution in [2.45, 2.75) is 31.4 Å². The molecule has 7 heteroatoms. The molecule has 2 amide bonds. The van der Waals surface area contributed by atoms with Crippen LogP contribution in [0.1, 0.15) is 22.3 Å². The molecule has 0 spiro atoms. The van der Waals surface area contributed by atoms with Crippen LogP contribution in [-0.2, 0) is 5.75 Å². The molecule has 29 heavy (non-hydrogen) atoms. The number of carbonyl (C=O) groups excluding carboxylic acids is 1. The van der Waals surface area contributed by atoms with Gasteiger partial charge in [0.25, 0.3) is 0 Å². The van der Waals surface area contributed by atoms with Gasteiger partial charge in [-0.3, -0.25) is 10.4 Å². The van der Waals surface area contributed by atoms with Crippen molar-refractivity contribution in [3.63, 3.8) is 0 Å². The third-order valence-corrected chi connectivity index (χ3v) is 6.01. The molecule has 0 saturated heterocycles. The molecule has 0 aliphatic carbocycles. The SMILES string of the molecule is Cc1cc(-c2ccccn2)c(C)cc1SCc1c(C)cccc1N(N)C(=O)NN. The number of rotatable bonds is 5. The number of anilines is 1. The fourth-order valence-corrected chi connectivity index (χ4v) is 4.39. The molecule has 1 heterocycles. The first kappa shape index (κ1) is 20.9. The maximum Gasteiger partial charge on any atom is 0.350 e. The van der Waals surface area contributed by atoms with Crippen LogP contribution in [0.5, 0.6) is 0 Å². The van der Waals surface area contributed by atoms with E-state index in [1.807, 2.05) is 49.5 Å². The van der Waals surface area contributed by atoms with Crippen LogP contribution in [0.2, 0.25) is 0 Å². The second-order valence-electron chi connectivity index (χ2n) is 6.83. The fraction of sp³-hybridized carbons (Fsp3) is 0.182. The van der Waals surface area contributed by atoms with Crippen LogP contribution in [0, 0.1) is 20.8 Å². The van der Waals surface area contributed by atoms with E-state index in [4.69, 9.17) is 11.7 Å². The molecule has 0 aliphatic heterocycles. The number of aromatic nitrogens is 1. The number of nitrogens with one attached hydrogen (secondary N) is 1. The second kappa shape index (κ2) is 9.09. The van der Waals surface area contributed by atoms with Gasteiger partial charge in [-0.2, -0.15) is 0 Å². The van der Waals surface area contributed by atoms with Gasteiger partial charge in [0.05, 0.1) is 11.4 Å². The Balaban J connectivity index is 1.88. The summed E-state index contributed by atoms with van der Waals surface area (Å²) in [7, 11) is 0. The lowest BCUT2D eigenvalue weighted by atomic mass is 10.0. The number of carbonyl (C=O) groups is 1. The van der Waals surface area contributed by atoms with E-state index >= 15 is 0 Å². The summed E-state index contributed by atoms with van der Waals surface area (Å²) < 4.78 is 0. The fourth-order valence-electron chi connectivity index (χ4n) is 3.17. The van der Waals surface area contributed by atoms with Crippen molar-refractivity contribution in [3.8, 4) is 11.3 Å². The molecule has 150 valence electrons. The van der Waals surface area contributed by atoms with Gasteiger partial charge in [-0.25, -0.2) is 21.5 Å². The number of thioether (sulfide) groups is 1. The molecule has 0 aliphatic rings. The number of hydrogen-bond acceptors (Lipinski definition) is 5. The first-order valence-electron chi connectivity index (χ1n) is 9.21. The molecular weight excluding hydrogens is 382 g/mol. The highest BCUT2D eigenvalue weighted by Gasteiger charge is 2.17. The quantitative estimate of drug-likeness (QED) is 0.254.